The SMILES string of the molecule is CC(C)NC(=O)Cn1nnc(-c2cccc(C(=O)OC(C)C)c2)n1. The number of rotatable bonds is 6. The van der Waals surface area contributed by atoms with Crippen molar-refractivity contribution >= 4 is 11.9 Å². The lowest BCUT2D eigenvalue weighted by Gasteiger charge is -2.08. The molecule has 0 spiro atoms. The number of benzene rings is 1. The lowest BCUT2D eigenvalue weighted by atomic mass is 10.1. The summed E-state index contributed by atoms with van der Waals surface area (Å²) < 4.78 is 5.17. The summed E-state index contributed by atoms with van der Waals surface area (Å²) in [6.45, 7) is 7.31. The summed E-state index contributed by atoms with van der Waals surface area (Å²) in [7, 11) is 0. The van der Waals surface area contributed by atoms with Crippen LogP contribution in [0.3, 0.4) is 0 Å². The van der Waals surface area contributed by atoms with Gasteiger partial charge in [0.05, 0.1) is 11.7 Å². The highest BCUT2D eigenvalue weighted by Gasteiger charge is 2.13. The average molecular weight is 331 g/mol. The quantitative estimate of drug-likeness (QED) is 0.804. The van der Waals surface area contributed by atoms with Crippen LogP contribution in [0.25, 0.3) is 11.4 Å². The highest BCUT2D eigenvalue weighted by atomic mass is 16.5. The molecule has 1 heterocycles. The molecule has 0 aliphatic heterocycles. The summed E-state index contributed by atoms with van der Waals surface area (Å²) in [5.41, 5.74) is 1.04. The fourth-order valence-corrected chi connectivity index (χ4v) is 1.99. The van der Waals surface area contributed by atoms with E-state index in [1.54, 1.807) is 38.1 Å². The Morgan fingerprint density at radius 3 is 2.67 bits per heavy atom. The van der Waals surface area contributed by atoms with Gasteiger partial charge in [-0.1, -0.05) is 12.1 Å². The van der Waals surface area contributed by atoms with Crippen LogP contribution in [0.15, 0.2) is 24.3 Å². The van der Waals surface area contributed by atoms with Crippen molar-refractivity contribution < 1.29 is 14.3 Å². The minimum Gasteiger partial charge on any atom is -0.459 e. The Bertz CT molecular complexity index is 724. The predicted molar refractivity (Wildman–Crippen MR) is 87.1 cm³/mol. The first-order valence-electron chi connectivity index (χ1n) is 7.73. The molecule has 8 heteroatoms. The highest BCUT2D eigenvalue weighted by Crippen LogP contribution is 2.16. The Morgan fingerprint density at radius 1 is 1.25 bits per heavy atom. The molecule has 0 saturated carbocycles. The topological polar surface area (TPSA) is 99.0 Å². The van der Waals surface area contributed by atoms with Gasteiger partial charge in [-0.3, -0.25) is 4.79 Å². The van der Waals surface area contributed by atoms with Crippen molar-refractivity contribution in [3.05, 3.63) is 29.8 Å². The minimum absolute atomic E-state index is 0.0136. The van der Waals surface area contributed by atoms with Gasteiger partial charge in [0.15, 0.2) is 0 Å². The van der Waals surface area contributed by atoms with E-state index in [2.05, 4.69) is 20.7 Å². The molecular weight excluding hydrogens is 310 g/mol. The molecule has 1 N–H and O–H groups in total. The van der Waals surface area contributed by atoms with Crippen LogP contribution >= 0.6 is 0 Å². The van der Waals surface area contributed by atoms with Crippen molar-refractivity contribution in [2.45, 2.75) is 46.4 Å². The molecule has 128 valence electrons. The molecule has 2 aromatic rings. The number of carbonyl (C=O) groups is 2. The molecule has 1 aromatic heterocycles. The van der Waals surface area contributed by atoms with Crippen molar-refractivity contribution in [3.8, 4) is 11.4 Å². The Labute approximate surface area is 140 Å². The second-order valence-corrected chi connectivity index (χ2v) is 5.90. The van der Waals surface area contributed by atoms with E-state index in [0.717, 1.165) is 0 Å². The van der Waals surface area contributed by atoms with Crippen molar-refractivity contribution in [1.82, 2.24) is 25.5 Å². The van der Waals surface area contributed by atoms with Crippen molar-refractivity contribution in [3.63, 3.8) is 0 Å². The minimum atomic E-state index is -0.407. The van der Waals surface area contributed by atoms with E-state index >= 15 is 0 Å². The Hall–Kier alpha value is -2.77. The van der Waals surface area contributed by atoms with Crippen LogP contribution in [0.2, 0.25) is 0 Å². The molecule has 0 saturated heterocycles. The number of carbonyl (C=O) groups excluding carboxylic acids is 2. The number of hydrogen-bond donors (Lipinski definition) is 1. The molecule has 0 aliphatic carbocycles. The zero-order valence-electron chi connectivity index (χ0n) is 14.2. The number of amides is 1. The fourth-order valence-electron chi connectivity index (χ4n) is 1.99. The lowest BCUT2D eigenvalue weighted by molar-refractivity contribution is -0.122. The molecule has 2 rings (SSSR count). The normalized spacial score (nSPS) is 10.9. The van der Waals surface area contributed by atoms with Crippen LogP contribution in [-0.4, -0.2) is 44.2 Å². The molecule has 0 atom stereocenters. The molecule has 0 aliphatic rings. The van der Waals surface area contributed by atoms with E-state index in [4.69, 9.17) is 4.74 Å². The summed E-state index contributed by atoms with van der Waals surface area (Å²) in [6, 6.07) is 6.83. The summed E-state index contributed by atoms with van der Waals surface area (Å²) in [5, 5.41) is 14.7. The number of tetrazole rings is 1. The van der Waals surface area contributed by atoms with Gasteiger partial charge in [-0.25, -0.2) is 4.79 Å². The van der Waals surface area contributed by atoms with E-state index in [1.807, 2.05) is 13.8 Å². The monoisotopic (exact) mass is 331 g/mol. The third-order valence-electron chi connectivity index (χ3n) is 2.89. The Kier molecular flexibility index (Phi) is 5.62. The highest BCUT2D eigenvalue weighted by molar-refractivity contribution is 5.90. The first-order valence-corrected chi connectivity index (χ1v) is 7.73. The van der Waals surface area contributed by atoms with Gasteiger partial charge >= 0.3 is 5.97 Å². The number of aromatic nitrogens is 4. The summed E-state index contributed by atoms with van der Waals surface area (Å²) >= 11 is 0. The molecule has 0 radical (unpaired) electrons. The number of nitrogens with one attached hydrogen (secondary N) is 1. The molecule has 0 bridgehead atoms. The van der Waals surface area contributed by atoms with E-state index in [1.165, 1.54) is 4.80 Å². The summed E-state index contributed by atoms with van der Waals surface area (Å²) in [4.78, 5) is 24.9. The largest absolute Gasteiger partial charge is 0.459 e. The molecule has 8 nitrogen and oxygen atoms in total. The molecule has 0 fully saturated rings. The second kappa shape index (κ2) is 7.67. The fraction of sp³-hybridized carbons (Fsp3) is 0.438. The van der Waals surface area contributed by atoms with Gasteiger partial charge in [0.1, 0.15) is 6.54 Å². The summed E-state index contributed by atoms with van der Waals surface area (Å²) in [6.07, 6.45) is -0.195. The second-order valence-electron chi connectivity index (χ2n) is 5.90. The van der Waals surface area contributed by atoms with Gasteiger partial charge in [-0.05, 0) is 45.0 Å². The van der Waals surface area contributed by atoms with Crippen LogP contribution in [0.5, 0.6) is 0 Å². The van der Waals surface area contributed by atoms with Gasteiger partial charge in [0, 0.05) is 11.6 Å². The van der Waals surface area contributed by atoms with Gasteiger partial charge in [0.25, 0.3) is 0 Å². The standard InChI is InChI=1S/C16H21N5O3/c1-10(2)17-14(22)9-21-19-15(18-20-21)12-6-5-7-13(8-12)16(23)24-11(3)4/h5-8,10-11H,9H2,1-4H3,(H,17,22). The van der Waals surface area contributed by atoms with Crippen LogP contribution in [-0.2, 0) is 16.1 Å². The molecule has 24 heavy (non-hydrogen) atoms. The van der Waals surface area contributed by atoms with E-state index in [-0.39, 0.29) is 24.6 Å². The molecule has 1 aromatic carbocycles. The van der Waals surface area contributed by atoms with Gasteiger partial charge in [-0.15, -0.1) is 10.2 Å². The number of nitrogens with zero attached hydrogens (tertiary/aromatic N) is 4. The Morgan fingerprint density at radius 2 is 2.00 bits per heavy atom. The lowest BCUT2D eigenvalue weighted by Crippen LogP contribution is -2.33. The van der Waals surface area contributed by atoms with Crippen LogP contribution in [0.4, 0.5) is 0 Å². The first-order chi connectivity index (χ1) is 11.3. The molecule has 1 amide bonds. The van der Waals surface area contributed by atoms with Crippen molar-refractivity contribution in [2.75, 3.05) is 0 Å². The van der Waals surface area contributed by atoms with Gasteiger partial charge in [-0.2, -0.15) is 4.80 Å². The number of hydrogen-bond acceptors (Lipinski definition) is 6. The zero-order valence-corrected chi connectivity index (χ0v) is 14.2. The Balaban J connectivity index is 2.12. The van der Waals surface area contributed by atoms with Crippen molar-refractivity contribution in [2.24, 2.45) is 0 Å². The molecule has 0 unspecified atom stereocenters. The third-order valence-corrected chi connectivity index (χ3v) is 2.89. The third kappa shape index (κ3) is 4.87. The maximum absolute atomic E-state index is 12.0. The van der Waals surface area contributed by atoms with Gasteiger partial charge < -0.3 is 10.1 Å². The number of esters is 1. The molecular formula is C16H21N5O3. The predicted octanol–water partition coefficient (Wildman–Crippen LogP) is 1.43. The van der Waals surface area contributed by atoms with E-state index in [9.17, 15) is 9.59 Å². The number of ether oxygens (including phenoxy) is 1. The van der Waals surface area contributed by atoms with Crippen LogP contribution in [0, 0.1) is 0 Å². The maximum atomic E-state index is 12.0. The van der Waals surface area contributed by atoms with E-state index in [0.29, 0.717) is 17.0 Å². The van der Waals surface area contributed by atoms with Crippen molar-refractivity contribution in [1.29, 1.82) is 0 Å². The smallest absolute Gasteiger partial charge is 0.338 e. The first kappa shape index (κ1) is 17.6. The van der Waals surface area contributed by atoms with Gasteiger partial charge in [0.2, 0.25) is 11.7 Å². The summed E-state index contributed by atoms with van der Waals surface area (Å²) in [5.74, 6) is -0.259. The average Bonchev–Trinajstić information content (AvgIpc) is 2.94. The van der Waals surface area contributed by atoms with Crippen LogP contribution in [0.1, 0.15) is 38.1 Å². The maximum Gasteiger partial charge on any atom is 0.338 e. The zero-order chi connectivity index (χ0) is 17.7. The van der Waals surface area contributed by atoms with Crippen LogP contribution < -0.4 is 5.32 Å². The van der Waals surface area contributed by atoms with E-state index < -0.39 is 5.97 Å².